The van der Waals surface area contributed by atoms with Gasteiger partial charge in [-0.1, -0.05) is 18.2 Å². The zero-order chi connectivity index (χ0) is 22.3. The fraction of sp³-hybridized carbons (Fsp3) is 0.400. The van der Waals surface area contributed by atoms with Crippen LogP contribution in [0.25, 0.3) is 0 Å². The van der Waals surface area contributed by atoms with Gasteiger partial charge in [-0.3, -0.25) is 14.6 Å². The van der Waals surface area contributed by atoms with Gasteiger partial charge >= 0.3 is 5.97 Å². The van der Waals surface area contributed by atoms with Gasteiger partial charge in [0.1, 0.15) is 0 Å². The Balaban J connectivity index is 1.34. The molecule has 7 heteroatoms. The van der Waals surface area contributed by atoms with E-state index in [0.717, 1.165) is 43.6 Å². The molecule has 1 N–H and O–H groups in total. The van der Waals surface area contributed by atoms with Gasteiger partial charge in [-0.05, 0) is 66.1 Å². The molecule has 2 aromatic rings. The molecule has 1 unspecified atom stereocenters. The summed E-state index contributed by atoms with van der Waals surface area (Å²) < 4.78 is 10.1. The van der Waals surface area contributed by atoms with Crippen molar-refractivity contribution in [3.05, 3.63) is 64.7 Å². The van der Waals surface area contributed by atoms with E-state index < -0.39 is 0 Å². The highest BCUT2D eigenvalue weighted by Gasteiger charge is 2.22. The molecule has 2 aliphatic rings. The van der Waals surface area contributed by atoms with Crippen molar-refractivity contribution in [1.82, 2.24) is 5.01 Å². The van der Waals surface area contributed by atoms with E-state index >= 15 is 0 Å². The summed E-state index contributed by atoms with van der Waals surface area (Å²) in [4.78, 5) is 24.2. The lowest BCUT2D eigenvalue weighted by atomic mass is 9.82. The van der Waals surface area contributed by atoms with E-state index in [4.69, 9.17) is 9.47 Å². The standard InChI is InChI=1S/C25H29N3O4/c1-31-24(29)15-19-4-7-22-16-23(9-8-21(22)14-19)27-25(30)20-5-2-18(3-6-20)17-26-28-10-12-32-13-11-28/h2-3,5-6,8-9,16-17,19H,4,7,10-15H2,1H3,(H,27,30)/b26-17+. The molecule has 0 saturated carbocycles. The molecular weight excluding hydrogens is 406 g/mol. The molecule has 168 valence electrons. The molecule has 1 aliphatic heterocycles. The second kappa shape index (κ2) is 10.4. The lowest BCUT2D eigenvalue weighted by Gasteiger charge is -2.24. The van der Waals surface area contributed by atoms with E-state index in [1.54, 1.807) is 0 Å². The summed E-state index contributed by atoms with van der Waals surface area (Å²) in [6.07, 6.45) is 4.99. The Labute approximate surface area is 188 Å². The summed E-state index contributed by atoms with van der Waals surface area (Å²) in [5, 5.41) is 9.44. The number of morpholine rings is 1. The van der Waals surface area contributed by atoms with Gasteiger partial charge in [0.15, 0.2) is 0 Å². The zero-order valence-corrected chi connectivity index (χ0v) is 18.4. The van der Waals surface area contributed by atoms with Crippen LogP contribution in [0.4, 0.5) is 5.69 Å². The molecule has 32 heavy (non-hydrogen) atoms. The van der Waals surface area contributed by atoms with Crippen LogP contribution in [0.2, 0.25) is 0 Å². The predicted octanol–water partition coefficient (Wildman–Crippen LogP) is 3.27. The number of methoxy groups -OCH3 is 1. The zero-order valence-electron chi connectivity index (χ0n) is 18.4. The molecule has 1 heterocycles. The molecule has 1 saturated heterocycles. The number of hydrazone groups is 1. The average Bonchev–Trinajstić information content (AvgIpc) is 2.83. The van der Waals surface area contributed by atoms with Gasteiger partial charge in [0.2, 0.25) is 0 Å². The van der Waals surface area contributed by atoms with Crippen LogP contribution in [0.3, 0.4) is 0 Å². The number of rotatable bonds is 6. The van der Waals surface area contributed by atoms with Crippen molar-refractivity contribution in [2.45, 2.75) is 25.7 Å². The average molecular weight is 436 g/mol. The molecule has 1 atom stereocenters. The van der Waals surface area contributed by atoms with Gasteiger partial charge in [-0.15, -0.1) is 0 Å². The van der Waals surface area contributed by atoms with Crippen LogP contribution in [-0.2, 0) is 27.1 Å². The number of amides is 1. The molecule has 1 amide bonds. The number of benzene rings is 2. The lowest BCUT2D eigenvalue weighted by molar-refractivity contribution is -0.141. The lowest BCUT2D eigenvalue weighted by Crippen LogP contribution is -2.32. The van der Waals surface area contributed by atoms with Gasteiger partial charge < -0.3 is 14.8 Å². The van der Waals surface area contributed by atoms with E-state index in [2.05, 4.69) is 16.5 Å². The highest BCUT2D eigenvalue weighted by molar-refractivity contribution is 6.04. The first-order chi connectivity index (χ1) is 15.6. The molecule has 4 rings (SSSR count). The number of carbonyl (C=O) groups excluding carboxylic acids is 2. The minimum absolute atomic E-state index is 0.138. The van der Waals surface area contributed by atoms with Crippen LogP contribution in [0.15, 0.2) is 47.6 Å². The van der Waals surface area contributed by atoms with Crippen molar-refractivity contribution in [2.24, 2.45) is 11.0 Å². The minimum atomic E-state index is -0.152. The SMILES string of the molecule is COC(=O)CC1CCc2cc(NC(=O)c3ccc(/C=N/N4CCOCC4)cc3)ccc2C1. The number of carbonyl (C=O) groups is 2. The molecule has 0 radical (unpaired) electrons. The summed E-state index contributed by atoms with van der Waals surface area (Å²) in [6.45, 7) is 2.99. The van der Waals surface area contributed by atoms with Crippen molar-refractivity contribution < 1.29 is 19.1 Å². The van der Waals surface area contributed by atoms with Crippen LogP contribution in [-0.4, -0.2) is 56.5 Å². The van der Waals surface area contributed by atoms with Gasteiger partial charge in [0.25, 0.3) is 5.91 Å². The third-order valence-electron chi connectivity index (χ3n) is 6.01. The van der Waals surface area contributed by atoms with Gasteiger partial charge in [0, 0.05) is 17.7 Å². The maximum atomic E-state index is 12.7. The maximum Gasteiger partial charge on any atom is 0.305 e. The van der Waals surface area contributed by atoms with Crippen LogP contribution >= 0.6 is 0 Å². The molecule has 0 aromatic heterocycles. The largest absolute Gasteiger partial charge is 0.469 e. The second-order valence-electron chi connectivity index (χ2n) is 8.26. The first-order valence-electron chi connectivity index (χ1n) is 11.1. The summed E-state index contributed by atoms with van der Waals surface area (Å²) >= 11 is 0. The first-order valence-corrected chi connectivity index (χ1v) is 11.1. The Hall–Kier alpha value is -3.19. The van der Waals surface area contributed by atoms with Crippen LogP contribution < -0.4 is 5.32 Å². The van der Waals surface area contributed by atoms with Crippen molar-refractivity contribution in [3.8, 4) is 0 Å². The molecule has 1 fully saturated rings. The maximum absolute atomic E-state index is 12.7. The summed E-state index contributed by atoms with van der Waals surface area (Å²) in [5.74, 6) is 0.0300. The molecule has 2 aromatic carbocycles. The number of hydrogen-bond acceptors (Lipinski definition) is 6. The van der Waals surface area contributed by atoms with Gasteiger partial charge in [-0.2, -0.15) is 5.10 Å². The quantitative estimate of drug-likeness (QED) is 0.556. The Morgan fingerprint density at radius 1 is 1.16 bits per heavy atom. The van der Waals surface area contributed by atoms with E-state index in [-0.39, 0.29) is 11.9 Å². The number of esters is 1. The van der Waals surface area contributed by atoms with E-state index in [9.17, 15) is 9.59 Å². The predicted molar refractivity (Wildman–Crippen MR) is 123 cm³/mol. The third kappa shape index (κ3) is 5.73. The Morgan fingerprint density at radius 2 is 1.94 bits per heavy atom. The summed E-state index contributed by atoms with van der Waals surface area (Å²) in [7, 11) is 1.43. The van der Waals surface area contributed by atoms with Crippen LogP contribution in [0.5, 0.6) is 0 Å². The highest BCUT2D eigenvalue weighted by Crippen LogP contribution is 2.30. The monoisotopic (exact) mass is 435 g/mol. The number of hydrogen-bond donors (Lipinski definition) is 1. The smallest absolute Gasteiger partial charge is 0.305 e. The molecule has 0 spiro atoms. The van der Waals surface area contributed by atoms with Crippen LogP contribution in [0.1, 0.15) is 39.9 Å². The number of ether oxygens (including phenoxy) is 2. The van der Waals surface area contributed by atoms with Crippen molar-refractivity contribution >= 4 is 23.8 Å². The number of nitrogens with one attached hydrogen (secondary N) is 1. The Kier molecular flexibility index (Phi) is 7.17. The summed E-state index contributed by atoms with van der Waals surface area (Å²) in [5.41, 5.74) is 4.82. The van der Waals surface area contributed by atoms with Crippen molar-refractivity contribution in [2.75, 3.05) is 38.7 Å². The van der Waals surface area contributed by atoms with E-state index in [0.29, 0.717) is 31.1 Å². The number of aryl methyl sites for hydroxylation is 1. The number of anilines is 1. The first kappa shape index (κ1) is 22.0. The molecule has 7 nitrogen and oxygen atoms in total. The normalized spacial score (nSPS) is 18.3. The minimum Gasteiger partial charge on any atom is -0.469 e. The highest BCUT2D eigenvalue weighted by atomic mass is 16.5. The fourth-order valence-electron chi connectivity index (χ4n) is 4.14. The van der Waals surface area contributed by atoms with Crippen molar-refractivity contribution in [1.29, 1.82) is 0 Å². The Morgan fingerprint density at radius 3 is 2.69 bits per heavy atom. The third-order valence-corrected chi connectivity index (χ3v) is 6.01. The van der Waals surface area contributed by atoms with E-state index in [1.165, 1.54) is 18.2 Å². The second-order valence-corrected chi connectivity index (χ2v) is 8.26. The Bertz CT molecular complexity index is 981. The summed E-state index contributed by atoms with van der Waals surface area (Å²) in [6, 6.07) is 13.4. The van der Waals surface area contributed by atoms with E-state index in [1.807, 2.05) is 47.6 Å². The van der Waals surface area contributed by atoms with Gasteiger partial charge in [-0.25, -0.2) is 0 Å². The number of fused-ring (bicyclic) bond motifs is 1. The fourth-order valence-corrected chi connectivity index (χ4v) is 4.14. The molecule has 0 bridgehead atoms. The van der Waals surface area contributed by atoms with Gasteiger partial charge in [0.05, 0.1) is 39.6 Å². The van der Waals surface area contributed by atoms with Crippen molar-refractivity contribution in [3.63, 3.8) is 0 Å². The molecule has 1 aliphatic carbocycles. The number of nitrogens with zero attached hydrogens (tertiary/aromatic N) is 2. The van der Waals surface area contributed by atoms with Crippen LogP contribution in [0, 0.1) is 5.92 Å². The molecular formula is C25H29N3O4. The topological polar surface area (TPSA) is 80.2 Å².